The fraction of sp³-hybridized carbons (Fsp3) is 0.345. The zero-order valence-electron chi connectivity index (χ0n) is 23.8. The van der Waals surface area contributed by atoms with Gasteiger partial charge in [-0.3, -0.25) is 15.1 Å². The topological polar surface area (TPSA) is 167 Å². The zero-order valence-corrected chi connectivity index (χ0v) is 24.6. The summed E-state index contributed by atoms with van der Waals surface area (Å²) < 4.78 is 11.5. The van der Waals surface area contributed by atoms with Gasteiger partial charge in [-0.1, -0.05) is 35.6 Å². The van der Waals surface area contributed by atoms with Crippen molar-refractivity contribution in [1.29, 1.82) is 0 Å². The number of aromatic nitrogens is 3. The molecule has 1 amide bonds. The molecule has 4 rings (SSSR count). The van der Waals surface area contributed by atoms with Crippen molar-refractivity contribution in [1.82, 2.24) is 15.2 Å². The normalized spacial score (nSPS) is 12.2. The fourth-order valence-corrected chi connectivity index (χ4v) is 4.50. The Morgan fingerprint density at radius 1 is 0.951 bits per heavy atom. The van der Waals surface area contributed by atoms with Crippen LogP contribution >= 0.6 is 11.3 Å². The number of pyridine rings is 1. The number of anilines is 2. The predicted octanol–water partition coefficient (Wildman–Crippen LogP) is 4.76. The summed E-state index contributed by atoms with van der Waals surface area (Å²) in [5.41, 5.74) is 0.271. The van der Waals surface area contributed by atoms with E-state index in [2.05, 4.69) is 25.8 Å². The molecule has 0 aliphatic carbocycles. The van der Waals surface area contributed by atoms with Gasteiger partial charge in [0, 0.05) is 18.0 Å². The molecule has 4 aromatic rings. The molecule has 0 spiro atoms. The number of fused-ring (bicyclic) bond motifs is 1. The van der Waals surface area contributed by atoms with Crippen molar-refractivity contribution in [2.24, 2.45) is 0 Å². The van der Waals surface area contributed by atoms with Crippen molar-refractivity contribution >= 4 is 44.4 Å². The molecule has 12 heteroatoms. The van der Waals surface area contributed by atoms with E-state index in [0.29, 0.717) is 22.5 Å². The maximum Gasteiger partial charge on any atom is 0.329 e. The van der Waals surface area contributed by atoms with Crippen molar-refractivity contribution in [3.63, 3.8) is 0 Å². The Morgan fingerprint density at radius 3 is 2.29 bits per heavy atom. The zero-order chi connectivity index (χ0) is 29.1. The molecule has 0 fully saturated rings. The van der Waals surface area contributed by atoms with Gasteiger partial charge in [-0.25, -0.2) is 4.79 Å². The van der Waals surface area contributed by atoms with Crippen LogP contribution in [0, 0.1) is 0 Å². The number of ether oxygens (including phenoxy) is 2. The van der Waals surface area contributed by atoms with Crippen LogP contribution in [0.25, 0.3) is 10.9 Å². The number of nitrogens with zero attached hydrogens (tertiary/aromatic N) is 3. The lowest BCUT2D eigenvalue weighted by Crippen LogP contribution is -2.38. The van der Waals surface area contributed by atoms with Crippen LogP contribution in [0.4, 0.5) is 10.3 Å². The van der Waals surface area contributed by atoms with Crippen molar-refractivity contribution in [2.45, 2.75) is 65.2 Å². The van der Waals surface area contributed by atoms with Crippen LogP contribution < -0.4 is 15.4 Å². The monoisotopic (exact) mass is 581 g/mol. The Bertz CT molecular complexity index is 1510. The number of benzene rings is 2. The molecule has 1 atom stereocenters. The molecule has 2 aromatic carbocycles. The van der Waals surface area contributed by atoms with Crippen LogP contribution in [0.1, 0.15) is 57.5 Å². The van der Waals surface area contributed by atoms with Gasteiger partial charge in [0.05, 0.1) is 5.56 Å². The molecular weight excluding hydrogens is 546 g/mol. The van der Waals surface area contributed by atoms with Gasteiger partial charge in [0.25, 0.3) is 5.91 Å². The molecule has 2 heterocycles. The number of aromatic hydroxyl groups is 1. The molecule has 0 bridgehead atoms. The summed E-state index contributed by atoms with van der Waals surface area (Å²) in [6.45, 7) is 11.3. The number of amides is 1. The Hall–Kier alpha value is -4.29. The standard InChI is InChI=1S/C29H33N5O5S.H2O/c1-28(2,3)38-19-12-9-17(10-13-19)16-21(25(37)39-29(4,5)6)31-26-33-34-27(40-26)32-24(36)20-14-11-18-8-7-15-30-22(18)23(20)35;/h7-15,21,35H,16H2,1-6H3,(H,31,33)(H,32,34,36);1H2/t21-;/m0./s1. The number of nitrogens with one attached hydrogen (secondary N) is 2. The van der Waals surface area contributed by atoms with E-state index in [4.69, 9.17) is 9.47 Å². The lowest BCUT2D eigenvalue weighted by atomic mass is 10.1. The van der Waals surface area contributed by atoms with E-state index in [1.807, 2.05) is 45.0 Å². The minimum atomic E-state index is -0.763. The second kappa shape index (κ2) is 12.5. The molecule has 41 heavy (non-hydrogen) atoms. The number of rotatable bonds is 8. The number of hydrogen-bond acceptors (Lipinski definition) is 10. The van der Waals surface area contributed by atoms with E-state index in [-0.39, 0.29) is 27.5 Å². The predicted molar refractivity (Wildman–Crippen MR) is 159 cm³/mol. The van der Waals surface area contributed by atoms with Crippen molar-refractivity contribution in [3.05, 3.63) is 65.9 Å². The van der Waals surface area contributed by atoms with Crippen LogP contribution in [0.3, 0.4) is 0 Å². The molecule has 5 N–H and O–H groups in total. The molecule has 0 unspecified atom stereocenters. The number of carbonyl (C=O) groups excluding carboxylic acids is 2. The Morgan fingerprint density at radius 2 is 1.63 bits per heavy atom. The van der Waals surface area contributed by atoms with Gasteiger partial charge >= 0.3 is 5.97 Å². The molecule has 0 saturated carbocycles. The Balaban J connectivity index is 0.00000462. The third-order valence-corrected chi connectivity index (χ3v) is 6.18. The lowest BCUT2D eigenvalue weighted by molar-refractivity contribution is -0.155. The van der Waals surface area contributed by atoms with E-state index in [9.17, 15) is 14.7 Å². The highest BCUT2D eigenvalue weighted by molar-refractivity contribution is 7.19. The maximum atomic E-state index is 13.1. The molecule has 0 aliphatic rings. The van der Waals surface area contributed by atoms with Gasteiger partial charge in [-0.2, -0.15) is 0 Å². The summed E-state index contributed by atoms with van der Waals surface area (Å²) >= 11 is 1.06. The number of carbonyl (C=O) groups is 2. The highest BCUT2D eigenvalue weighted by Crippen LogP contribution is 2.29. The van der Waals surface area contributed by atoms with E-state index < -0.39 is 23.5 Å². The third-order valence-electron chi connectivity index (χ3n) is 5.41. The lowest BCUT2D eigenvalue weighted by Gasteiger charge is -2.24. The van der Waals surface area contributed by atoms with E-state index in [1.165, 1.54) is 6.07 Å². The quantitative estimate of drug-likeness (QED) is 0.248. The highest BCUT2D eigenvalue weighted by atomic mass is 32.1. The maximum absolute atomic E-state index is 13.1. The molecule has 0 radical (unpaired) electrons. The number of hydrogen-bond donors (Lipinski definition) is 3. The molecular formula is C29H35N5O6S. The largest absolute Gasteiger partial charge is 0.505 e. The van der Waals surface area contributed by atoms with E-state index in [1.54, 1.807) is 45.2 Å². The van der Waals surface area contributed by atoms with Crippen LogP contribution in [-0.2, 0) is 16.0 Å². The summed E-state index contributed by atoms with van der Waals surface area (Å²) in [4.78, 5) is 30.1. The van der Waals surface area contributed by atoms with E-state index >= 15 is 0 Å². The number of esters is 1. The Labute approximate surface area is 242 Å². The molecule has 11 nitrogen and oxygen atoms in total. The summed E-state index contributed by atoms with van der Waals surface area (Å²) in [6, 6.07) is 13.5. The van der Waals surface area contributed by atoms with Crippen molar-refractivity contribution in [2.75, 3.05) is 10.6 Å². The average Bonchev–Trinajstić information content (AvgIpc) is 3.29. The smallest absolute Gasteiger partial charge is 0.329 e. The van der Waals surface area contributed by atoms with Crippen LogP contribution in [-0.4, -0.2) is 54.9 Å². The van der Waals surface area contributed by atoms with Crippen molar-refractivity contribution in [3.8, 4) is 11.5 Å². The number of phenolic OH excluding ortho intramolecular Hbond substituents is 1. The first-order chi connectivity index (χ1) is 18.8. The first-order valence-electron chi connectivity index (χ1n) is 12.8. The summed E-state index contributed by atoms with van der Waals surface area (Å²) in [5.74, 6) is -0.496. The summed E-state index contributed by atoms with van der Waals surface area (Å²) in [6.07, 6.45) is 1.87. The summed E-state index contributed by atoms with van der Waals surface area (Å²) in [5, 5.41) is 25.6. The van der Waals surface area contributed by atoms with Gasteiger partial charge < -0.3 is 25.4 Å². The first-order valence-corrected chi connectivity index (χ1v) is 13.6. The highest BCUT2D eigenvalue weighted by Gasteiger charge is 2.27. The van der Waals surface area contributed by atoms with Crippen molar-refractivity contribution < 1.29 is 29.6 Å². The van der Waals surface area contributed by atoms with Gasteiger partial charge in [0.2, 0.25) is 10.3 Å². The van der Waals surface area contributed by atoms with Gasteiger partial charge in [-0.15, -0.1) is 10.2 Å². The van der Waals surface area contributed by atoms with Gasteiger partial charge in [-0.05, 0) is 71.4 Å². The molecule has 0 saturated heterocycles. The first kappa shape index (κ1) is 31.2. The Kier molecular flexibility index (Phi) is 9.51. The van der Waals surface area contributed by atoms with Gasteiger partial charge in [0.1, 0.15) is 28.5 Å². The SMILES string of the molecule is CC(C)(C)OC(=O)[C@H](Cc1ccc(OC(C)(C)C)cc1)Nc1nnc(NC(=O)c2ccc3cccnc3c2O)s1.O. The number of phenols is 1. The minimum Gasteiger partial charge on any atom is -0.505 e. The third kappa shape index (κ3) is 8.60. The van der Waals surface area contributed by atoms with Gasteiger partial charge in [0.15, 0.2) is 5.75 Å². The van der Waals surface area contributed by atoms with Crippen LogP contribution in [0.15, 0.2) is 54.7 Å². The molecule has 218 valence electrons. The second-order valence-corrected chi connectivity index (χ2v) is 12.2. The second-order valence-electron chi connectivity index (χ2n) is 11.2. The molecule has 0 aliphatic heterocycles. The fourth-order valence-electron chi connectivity index (χ4n) is 3.81. The minimum absolute atomic E-state index is 0. The van der Waals surface area contributed by atoms with E-state index in [0.717, 1.165) is 22.6 Å². The van der Waals surface area contributed by atoms with Crippen LogP contribution in [0.2, 0.25) is 0 Å². The van der Waals surface area contributed by atoms with Crippen LogP contribution in [0.5, 0.6) is 11.5 Å². The summed E-state index contributed by atoms with van der Waals surface area (Å²) in [7, 11) is 0. The molecule has 2 aromatic heterocycles. The average molecular weight is 582 g/mol.